The van der Waals surface area contributed by atoms with Gasteiger partial charge in [-0.15, -0.1) is 0 Å². The van der Waals surface area contributed by atoms with E-state index in [-0.39, 0.29) is 17.9 Å². The molecule has 2 N–H and O–H groups in total. The number of unbranched alkanes of at least 4 members (excludes halogenated alkanes) is 2. The van der Waals surface area contributed by atoms with Crippen molar-refractivity contribution in [2.24, 2.45) is 11.3 Å². The summed E-state index contributed by atoms with van der Waals surface area (Å²) in [6.07, 6.45) is 3.87. The van der Waals surface area contributed by atoms with E-state index in [9.17, 15) is 14.7 Å². The first-order chi connectivity index (χ1) is 9.85. The van der Waals surface area contributed by atoms with E-state index in [1.165, 1.54) is 0 Å². The zero-order valence-corrected chi connectivity index (χ0v) is 13.8. The van der Waals surface area contributed by atoms with E-state index in [1.807, 2.05) is 25.7 Å². The smallest absolute Gasteiger partial charge is 0.311 e. The minimum atomic E-state index is -0.740. The fraction of sp³-hybridized carbons (Fsp3) is 0.875. The van der Waals surface area contributed by atoms with Gasteiger partial charge in [-0.05, 0) is 25.7 Å². The summed E-state index contributed by atoms with van der Waals surface area (Å²) in [4.78, 5) is 25.8. The molecular weight excluding hydrogens is 268 g/mol. The molecule has 0 aromatic rings. The highest BCUT2D eigenvalue weighted by Crippen LogP contribution is 2.38. The van der Waals surface area contributed by atoms with Gasteiger partial charge in [-0.1, -0.05) is 33.6 Å². The van der Waals surface area contributed by atoms with E-state index in [2.05, 4.69) is 12.2 Å². The SMILES string of the molecule is CCCCCNC(=O)C(C)N1CCC(C(=O)O)(C(C)C)C1. The standard InChI is InChI=1S/C16H30N2O3/c1-5-6-7-9-17-14(19)13(4)18-10-8-16(11-18,12(2)3)15(20)21/h12-13H,5-11H2,1-4H3,(H,17,19)(H,20,21). The fourth-order valence-electron chi connectivity index (χ4n) is 2.99. The quantitative estimate of drug-likeness (QED) is 0.673. The lowest BCUT2D eigenvalue weighted by atomic mass is 9.76. The highest BCUT2D eigenvalue weighted by molar-refractivity contribution is 5.82. The molecule has 5 nitrogen and oxygen atoms in total. The molecule has 0 radical (unpaired) electrons. The lowest BCUT2D eigenvalue weighted by Gasteiger charge is -2.30. The van der Waals surface area contributed by atoms with Gasteiger partial charge in [-0.3, -0.25) is 14.5 Å². The van der Waals surface area contributed by atoms with Crippen LogP contribution in [-0.2, 0) is 9.59 Å². The highest BCUT2D eigenvalue weighted by atomic mass is 16.4. The summed E-state index contributed by atoms with van der Waals surface area (Å²) < 4.78 is 0. The second-order valence-corrected chi connectivity index (χ2v) is 6.51. The van der Waals surface area contributed by atoms with Crippen LogP contribution in [0, 0.1) is 11.3 Å². The molecule has 1 fully saturated rings. The molecule has 0 aliphatic carbocycles. The number of carboxylic acid groups (broad SMARTS) is 1. The minimum absolute atomic E-state index is 0.0102. The second kappa shape index (κ2) is 7.78. The van der Waals surface area contributed by atoms with Crippen LogP contribution < -0.4 is 5.32 Å². The summed E-state index contributed by atoms with van der Waals surface area (Å²) in [7, 11) is 0. The van der Waals surface area contributed by atoms with Crippen molar-refractivity contribution >= 4 is 11.9 Å². The van der Waals surface area contributed by atoms with Gasteiger partial charge in [0.15, 0.2) is 0 Å². The predicted octanol–water partition coefficient (Wildman–Crippen LogP) is 2.11. The average Bonchev–Trinajstić information content (AvgIpc) is 2.89. The number of likely N-dealkylation sites (tertiary alicyclic amines) is 1. The molecule has 2 atom stereocenters. The van der Waals surface area contributed by atoms with Gasteiger partial charge in [0, 0.05) is 19.6 Å². The Morgan fingerprint density at radius 2 is 1.95 bits per heavy atom. The molecule has 0 bridgehead atoms. The molecule has 1 aliphatic heterocycles. The minimum Gasteiger partial charge on any atom is -0.481 e. The largest absolute Gasteiger partial charge is 0.481 e. The molecule has 1 amide bonds. The van der Waals surface area contributed by atoms with Gasteiger partial charge in [0.2, 0.25) is 5.91 Å². The van der Waals surface area contributed by atoms with Crippen molar-refractivity contribution < 1.29 is 14.7 Å². The molecule has 0 saturated carbocycles. The Bertz CT molecular complexity index is 371. The Balaban J connectivity index is 2.55. The van der Waals surface area contributed by atoms with Gasteiger partial charge in [0.1, 0.15) is 0 Å². The molecule has 2 unspecified atom stereocenters. The number of nitrogens with zero attached hydrogens (tertiary/aromatic N) is 1. The van der Waals surface area contributed by atoms with Crippen LogP contribution in [0.5, 0.6) is 0 Å². The molecule has 0 spiro atoms. The van der Waals surface area contributed by atoms with Crippen LogP contribution in [0.15, 0.2) is 0 Å². The van der Waals surface area contributed by atoms with Crippen LogP contribution >= 0.6 is 0 Å². The molecule has 1 saturated heterocycles. The number of aliphatic carboxylic acids is 1. The number of amides is 1. The van der Waals surface area contributed by atoms with E-state index in [1.54, 1.807) is 0 Å². The number of hydrogen-bond acceptors (Lipinski definition) is 3. The number of carbonyl (C=O) groups is 2. The fourth-order valence-corrected chi connectivity index (χ4v) is 2.99. The number of carboxylic acids is 1. The van der Waals surface area contributed by atoms with Gasteiger partial charge >= 0.3 is 5.97 Å². The number of carbonyl (C=O) groups excluding carboxylic acids is 1. The van der Waals surface area contributed by atoms with Crippen LogP contribution in [-0.4, -0.2) is 47.6 Å². The van der Waals surface area contributed by atoms with Crippen molar-refractivity contribution in [3.8, 4) is 0 Å². The average molecular weight is 298 g/mol. The second-order valence-electron chi connectivity index (χ2n) is 6.51. The molecule has 5 heteroatoms. The molecule has 1 heterocycles. The maximum Gasteiger partial charge on any atom is 0.311 e. The number of rotatable bonds is 8. The Morgan fingerprint density at radius 1 is 1.29 bits per heavy atom. The van der Waals surface area contributed by atoms with Crippen LogP contribution in [0.3, 0.4) is 0 Å². The zero-order valence-electron chi connectivity index (χ0n) is 13.8. The summed E-state index contributed by atoms with van der Waals surface area (Å²) >= 11 is 0. The molecule has 1 aliphatic rings. The maximum absolute atomic E-state index is 12.1. The highest BCUT2D eigenvalue weighted by Gasteiger charge is 2.48. The zero-order chi connectivity index (χ0) is 16.0. The first kappa shape index (κ1) is 18.0. The van der Waals surface area contributed by atoms with Crippen molar-refractivity contribution in [3.63, 3.8) is 0 Å². The Labute approximate surface area is 128 Å². The van der Waals surface area contributed by atoms with Gasteiger partial charge in [-0.25, -0.2) is 0 Å². The van der Waals surface area contributed by atoms with E-state index in [0.717, 1.165) is 19.3 Å². The van der Waals surface area contributed by atoms with E-state index < -0.39 is 11.4 Å². The van der Waals surface area contributed by atoms with Crippen LogP contribution in [0.4, 0.5) is 0 Å². The number of hydrogen-bond donors (Lipinski definition) is 2. The Kier molecular flexibility index (Phi) is 6.65. The van der Waals surface area contributed by atoms with Crippen molar-refractivity contribution in [1.82, 2.24) is 10.2 Å². The summed E-state index contributed by atoms with van der Waals surface area (Å²) in [5.41, 5.74) is -0.712. The van der Waals surface area contributed by atoms with Crippen molar-refractivity contribution in [3.05, 3.63) is 0 Å². The molecular formula is C16H30N2O3. The predicted molar refractivity (Wildman–Crippen MR) is 83.1 cm³/mol. The maximum atomic E-state index is 12.1. The molecule has 0 aromatic carbocycles. The topological polar surface area (TPSA) is 69.6 Å². The van der Waals surface area contributed by atoms with E-state index in [4.69, 9.17) is 0 Å². The molecule has 1 rings (SSSR count). The summed E-state index contributed by atoms with van der Waals surface area (Å²) in [5.74, 6) is -0.661. The van der Waals surface area contributed by atoms with Crippen molar-refractivity contribution in [2.45, 2.75) is 59.4 Å². The first-order valence-corrected chi connectivity index (χ1v) is 8.10. The molecule has 21 heavy (non-hydrogen) atoms. The van der Waals surface area contributed by atoms with Gasteiger partial charge < -0.3 is 10.4 Å². The summed E-state index contributed by atoms with van der Waals surface area (Å²) in [6, 6.07) is -0.258. The van der Waals surface area contributed by atoms with E-state index in [0.29, 0.717) is 26.1 Å². The van der Waals surface area contributed by atoms with Crippen molar-refractivity contribution in [2.75, 3.05) is 19.6 Å². The van der Waals surface area contributed by atoms with Crippen LogP contribution in [0.1, 0.15) is 53.4 Å². The monoisotopic (exact) mass is 298 g/mol. The first-order valence-electron chi connectivity index (χ1n) is 8.10. The van der Waals surface area contributed by atoms with Crippen molar-refractivity contribution in [1.29, 1.82) is 0 Å². The van der Waals surface area contributed by atoms with Crippen LogP contribution in [0.2, 0.25) is 0 Å². The summed E-state index contributed by atoms with van der Waals surface area (Å²) in [5, 5.41) is 12.5. The molecule has 0 aromatic heterocycles. The third-order valence-corrected chi connectivity index (χ3v) is 4.87. The third kappa shape index (κ3) is 4.19. The van der Waals surface area contributed by atoms with Gasteiger partial charge in [0.25, 0.3) is 0 Å². The van der Waals surface area contributed by atoms with E-state index >= 15 is 0 Å². The lowest BCUT2D eigenvalue weighted by Crippen LogP contribution is -2.47. The normalized spacial score (nSPS) is 24.2. The van der Waals surface area contributed by atoms with Gasteiger partial charge in [0.05, 0.1) is 11.5 Å². The summed E-state index contributed by atoms with van der Waals surface area (Å²) in [6.45, 7) is 9.75. The lowest BCUT2D eigenvalue weighted by molar-refractivity contribution is -0.151. The Hall–Kier alpha value is -1.10. The number of nitrogens with one attached hydrogen (secondary N) is 1. The third-order valence-electron chi connectivity index (χ3n) is 4.87. The molecule has 122 valence electrons. The van der Waals surface area contributed by atoms with Gasteiger partial charge in [-0.2, -0.15) is 0 Å². The van der Waals surface area contributed by atoms with Crippen LogP contribution in [0.25, 0.3) is 0 Å². The Morgan fingerprint density at radius 3 is 2.43 bits per heavy atom.